The largest absolute Gasteiger partial charge is 0.407 e. The molecule has 2 rings (SSSR count). The summed E-state index contributed by atoms with van der Waals surface area (Å²) in [6.45, 7) is 11.6. The number of alkyl halides is 1. The minimum absolute atomic E-state index is 0.0204. The zero-order valence-corrected chi connectivity index (χ0v) is 20.5. The molecule has 0 heterocycles. The zero-order chi connectivity index (χ0) is 19.9. The van der Waals surface area contributed by atoms with Crippen LogP contribution in [0.3, 0.4) is 0 Å². The van der Waals surface area contributed by atoms with Crippen LogP contribution in [-0.4, -0.2) is 20.3 Å². The Kier molecular flexibility index (Phi) is 8.59. The van der Waals surface area contributed by atoms with E-state index in [-0.39, 0.29) is 10.4 Å². The molecule has 0 bridgehead atoms. The predicted molar refractivity (Wildman–Crippen MR) is 130 cm³/mol. The highest BCUT2D eigenvalue weighted by molar-refractivity contribution is 14.1. The highest BCUT2D eigenvalue weighted by atomic mass is 127. The molecule has 1 nitrogen and oxygen atoms in total. The van der Waals surface area contributed by atoms with Gasteiger partial charge >= 0.3 is 0 Å². The number of halogens is 2. The molecule has 0 fully saturated rings. The second-order valence-corrected chi connectivity index (χ2v) is 14.4. The monoisotopic (exact) mass is 512 g/mol. The predicted octanol–water partition coefficient (Wildman–Crippen LogP) is 6.29. The van der Waals surface area contributed by atoms with E-state index in [1.807, 2.05) is 0 Å². The summed E-state index contributed by atoms with van der Waals surface area (Å²) >= 11 is 8.69. The molecule has 0 amide bonds. The van der Waals surface area contributed by atoms with Crippen molar-refractivity contribution in [3.8, 4) is 0 Å². The topological polar surface area (TPSA) is 9.23 Å². The molecule has 2 aromatic rings. The van der Waals surface area contributed by atoms with Gasteiger partial charge in [0.15, 0.2) is 0 Å². The summed E-state index contributed by atoms with van der Waals surface area (Å²) < 4.78 is 7.99. The molecule has 0 aliphatic heterocycles. The van der Waals surface area contributed by atoms with Gasteiger partial charge in [0.2, 0.25) is 0 Å². The lowest BCUT2D eigenvalue weighted by molar-refractivity contribution is 0.287. The van der Waals surface area contributed by atoms with E-state index in [2.05, 4.69) is 111 Å². The highest BCUT2D eigenvalue weighted by Crippen LogP contribution is 2.36. The van der Waals surface area contributed by atoms with E-state index in [9.17, 15) is 0 Å². The summed E-state index contributed by atoms with van der Waals surface area (Å²) in [5.41, 5.74) is 0. The smallest absolute Gasteiger partial charge is 0.261 e. The van der Waals surface area contributed by atoms with E-state index in [0.29, 0.717) is 0 Å². The van der Waals surface area contributed by atoms with E-state index in [1.165, 1.54) is 10.4 Å². The Morgan fingerprint density at radius 2 is 1.52 bits per heavy atom. The minimum atomic E-state index is -2.42. The van der Waals surface area contributed by atoms with E-state index >= 15 is 0 Å². The molecular formula is C23H30ClIOSi. The van der Waals surface area contributed by atoms with Crippen LogP contribution in [0.1, 0.15) is 40.0 Å². The van der Waals surface area contributed by atoms with E-state index in [1.54, 1.807) is 0 Å². The van der Waals surface area contributed by atoms with Crippen molar-refractivity contribution in [1.29, 1.82) is 0 Å². The SMILES string of the molecule is C=C(I)CC(Cl)CCCO[Si](c1ccccc1)(c1ccccc1)C(C)(C)C. The highest BCUT2D eigenvalue weighted by Gasteiger charge is 2.49. The number of hydrogen-bond donors (Lipinski definition) is 0. The van der Waals surface area contributed by atoms with Crippen molar-refractivity contribution in [3.63, 3.8) is 0 Å². The van der Waals surface area contributed by atoms with Crippen LogP contribution in [0, 0.1) is 0 Å². The Morgan fingerprint density at radius 1 is 1.04 bits per heavy atom. The average molecular weight is 513 g/mol. The van der Waals surface area contributed by atoms with Crippen LogP contribution in [0.5, 0.6) is 0 Å². The summed E-state index contributed by atoms with van der Waals surface area (Å²) in [5.74, 6) is 0. The quantitative estimate of drug-likeness (QED) is 0.166. The Labute approximate surface area is 184 Å². The fraction of sp³-hybridized carbons (Fsp3) is 0.391. The molecule has 4 heteroatoms. The number of rotatable bonds is 9. The maximum absolute atomic E-state index is 6.88. The number of hydrogen-bond acceptors (Lipinski definition) is 1. The first-order chi connectivity index (χ1) is 12.8. The second kappa shape index (κ2) is 10.2. The minimum Gasteiger partial charge on any atom is -0.407 e. The summed E-state index contributed by atoms with van der Waals surface area (Å²) in [6.07, 6.45) is 2.77. The first-order valence-corrected chi connectivity index (χ1v) is 12.9. The summed E-state index contributed by atoms with van der Waals surface area (Å²) in [4.78, 5) is 0. The fourth-order valence-electron chi connectivity index (χ4n) is 3.63. The molecule has 0 aromatic heterocycles. The van der Waals surface area contributed by atoms with Gasteiger partial charge in [-0.15, -0.1) is 11.6 Å². The first-order valence-electron chi connectivity index (χ1n) is 9.49. The van der Waals surface area contributed by atoms with Gasteiger partial charge in [0.05, 0.1) is 0 Å². The van der Waals surface area contributed by atoms with E-state index < -0.39 is 8.32 Å². The average Bonchev–Trinajstić information content (AvgIpc) is 2.61. The van der Waals surface area contributed by atoms with Gasteiger partial charge in [0, 0.05) is 12.0 Å². The first kappa shape index (κ1) is 22.7. The summed E-state index contributed by atoms with van der Waals surface area (Å²) in [6, 6.07) is 21.6. The van der Waals surface area contributed by atoms with Crippen LogP contribution in [0.2, 0.25) is 5.04 Å². The van der Waals surface area contributed by atoms with Crippen molar-refractivity contribution >= 4 is 52.9 Å². The van der Waals surface area contributed by atoms with Crippen LogP contribution in [-0.2, 0) is 4.43 Å². The maximum Gasteiger partial charge on any atom is 0.261 e. The standard InChI is InChI=1S/C23H30ClIOSi/c1-19(25)18-20(24)12-11-17-26-27(23(2,3)4,21-13-7-5-8-14-21)22-15-9-6-10-16-22/h5-10,13-16,20H,1,11-12,17-18H2,2-4H3. The molecule has 0 saturated carbocycles. The number of allylic oxidation sites excluding steroid dienone is 1. The molecule has 1 unspecified atom stereocenters. The van der Waals surface area contributed by atoms with Gasteiger partial charge in [0.1, 0.15) is 0 Å². The third kappa shape index (κ3) is 5.93. The third-order valence-electron chi connectivity index (χ3n) is 4.84. The molecule has 1 atom stereocenters. The van der Waals surface area contributed by atoms with E-state index in [4.69, 9.17) is 16.0 Å². The molecule has 0 spiro atoms. The Morgan fingerprint density at radius 3 is 1.93 bits per heavy atom. The summed E-state index contributed by atoms with van der Waals surface area (Å²) in [7, 11) is -2.42. The molecular weight excluding hydrogens is 483 g/mol. The van der Waals surface area contributed by atoms with Crippen LogP contribution in [0.4, 0.5) is 0 Å². The normalized spacial score (nSPS) is 13.4. The molecule has 0 aliphatic carbocycles. The molecule has 146 valence electrons. The second-order valence-electron chi connectivity index (χ2n) is 7.97. The Hall–Kier alpha value is -0.623. The van der Waals surface area contributed by atoms with Crippen LogP contribution in [0.25, 0.3) is 0 Å². The van der Waals surface area contributed by atoms with Gasteiger partial charge in [0.25, 0.3) is 8.32 Å². The van der Waals surface area contributed by atoms with Gasteiger partial charge in [-0.05, 0) is 60.8 Å². The molecule has 27 heavy (non-hydrogen) atoms. The van der Waals surface area contributed by atoms with Crippen molar-refractivity contribution in [3.05, 3.63) is 70.8 Å². The van der Waals surface area contributed by atoms with Crippen LogP contribution in [0.15, 0.2) is 70.8 Å². The van der Waals surface area contributed by atoms with Crippen molar-refractivity contribution in [2.75, 3.05) is 6.61 Å². The van der Waals surface area contributed by atoms with Crippen molar-refractivity contribution in [2.24, 2.45) is 0 Å². The van der Waals surface area contributed by atoms with Gasteiger partial charge in [-0.1, -0.05) is 88.0 Å². The Bertz CT molecular complexity index is 673. The third-order valence-corrected chi connectivity index (χ3v) is 10.7. The van der Waals surface area contributed by atoms with Crippen LogP contribution < -0.4 is 10.4 Å². The van der Waals surface area contributed by atoms with Crippen molar-refractivity contribution < 1.29 is 4.43 Å². The lowest BCUT2D eigenvalue weighted by atomic mass is 10.2. The molecule has 2 aromatic carbocycles. The molecule has 0 N–H and O–H groups in total. The lowest BCUT2D eigenvalue weighted by Gasteiger charge is -2.43. The Balaban J connectivity index is 2.29. The fourth-order valence-corrected chi connectivity index (χ4v) is 9.37. The van der Waals surface area contributed by atoms with Gasteiger partial charge < -0.3 is 4.43 Å². The van der Waals surface area contributed by atoms with Crippen molar-refractivity contribution in [2.45, 2.75) is 50.4 Å². The maximum atomic E-state index is 6.88. The van der Waals surface area contributed by atoms with Crippen molar-refractivity contribution in [1.82, 2.24) is 0 Å². The van der Waals surface area contributed by atoms with Gasteiger partial charge in [-0.3, -0.25) is 0 Å². The van der Waals surface area contributed by atoms with Gasteiger partial charge in [-0.25, -0.2) is 0 Å². The number of benzene rings is 2. The summed E-state index contributed by atoms with van der Waals surface area (Å²) in [5, 5.41) is 2.81. The zero-order valence-electron chi connectivity index (χ0n) is 16.6. The van der Waals surface area contributed by atoms with Gasteiger partial charge in [-0.2, -0.15) is 0 Å². The molecule has 0 radical (unpaired) electrons. The molecule has 0 aliphatic rings. The lowest BCUT2D eigenvalue weighted by Crippen LogP contribution is -2.66. The van der Waals surface area contributed by atoms with E-state index in [0.717, 1.165) is 29.4 Å². The molecule has 0 saturated heterocycles. The van der Waals surface area contributed by atoms with Crippen LogP contribution >= 0.6 is 34.2 Å².